The highest BCUT2D eigenvalue weighted by atomic mass is 35.5. The summed E-state index contributed by atoms with van der Waals surface area (Å²) in [5.74, 6) is 0.438. The van der Waals surface area contributed by atoms with Gasteiger partial charge in [-0.1, -0.05) is 0 Å². The number of rotatable bonds is 2. The first-order chi connectivity index (χ1) is 8.41. The number of carbonyl (C=O) groups excluding carboxylic acids is 1. The third kappa shape index (κ3) is 4.23. The van der Waals surface area contributed by atoms with E-state index in [1.165, 1.54) is 0 Å². The van der Waals surface area contributed by atoms with Crippen molar-refractivity contribution < 1.29 is 14.3 Å². The van der Waals surface area contributed by atoms with Crippen LogP contribution in [0.3, 0.4) is 0 Å². The Morgan fingerprint density at radius 3 is 2.53 bits per heavy atom. The van der Waals surface area contributed by atoms with E-state index in [9.17, 15) is 4.79 Å². The first kappa shape index (κ1) is 16.5. The van der Waals surface area contributed by atoms with E-state index in [-0.39, 0.29) is 24.0 Å². The lowest BCUT2D eigenvalue weighted by Gasteiger charge is -2.48. The fourth-order valence-electron chi connectivity index (χ4n) is 2.56. The summed E-state index contributed by atoms with van der Waals surface area (Å²) in [6.07, 6.45) is 1.95. The van der Waals surface area contributed by atoms with E-state index in [2.05, 4.69) is 10.6 Å². The number of carbonyl (C=O) groups is 1. The van der Waals surface area contributed by atoms with Crippen LogP contribution in [0.5, 0.6) is 0 Å². The molecule has 0 aromatic rings. The summed E-state index contributed by atoms with van der Waals surface area (Å²) in [6, 6.07) is 0. The van der Waals surface area contributed by atoms with Gasteiger partial charge in [0.2, 0.25) is 0 Å². The summed E-state index contributed by atoms with van der Waals surface area (Å²) in [7, 11) is 0. The van der Waals surface area contributed by atoms with Gasteiger partial charge in [0, 0.05) is 6.54 Å². The van der Waals surface area contributed by atoms with Gasteiger partial charge in [-0.05, 0) is 46.1 Å². The van der Waals surface area contributed by atoms with Crippen molar-refractivity contribution in [3.8, 4) is 0 Å². The van der Waals surface area contributed by atoms with Gasteiger partial charge in [-0.15, -0.1) is 12.4 Å². The Hall–Kier alpha value is -0.520. The van der Waals surface area contributed by atoms with E-state index in [4.69, 9.17) is 9.47 Å². The summed E-state index contributed by atoms with van der Waals surface area (Å²) in [5.41, 5.74) is -0.684. The zero-order valence-electron chi connectivity index (χ0n) is 12.0. The van der Waals surface area contributed by atoms with Gasteiger partial charge in [-0.3, -0.25) is 0 Å². The van der Waals surface area contributed by atoms with E-state index in [0.29, 0.717) is 19.1 Å². The number of hydrogen-bond acceptors (Lipinski definition) is 4. The lowest BCUT2D eigenvalue weighted by molar-refractivity contribution is -0.107. The van der Waals surface area contributed by atoms with Gasteiger partial charge in [0.15, 0.2) is 0 Å². The van der Waals surface area contributed by atoms with Crippen molar-refractivity contribution >= 4 is 18.5 Å². The second-order valence-electron chi connectivity index (χ2n) is 6.32. The Bertz CT molecular complexity index is 308. The summed E-state index contributed by atoms with van der Waals surface area (Å²) >= 11 is 0. The zero-order chi connectivity index (χ0) is 13.2. The van der Waals surface area contributed by atoms with Gasteiger partial charge < -0.3 is 20.1 Å². The third-order valence-corrected chi connectivity index (χ3v) is 3.55. The summed E-state index contributed by atoms with van der Waals surface area (Å²) in [4.78, 5) is 11.9. The molecule has 1 atom stereocenters. The zero-order valence-corrected chi connectivity index (χ0v) is 12.8. The van der Waals surface area contributed by atoms with Crippen molar-refractivity contribution in [1.82, 2.24) is 10.6 Å². The predicted molar refractivity (Wildman–Crippen MR) is 75.8 cm³/mol. The molecule has 2 fully saturated rings. The second-order valence-corrected chi connectivity index (χ2v) is 6.32. The molecule has 19 heavy (non-hydrogen) atoms. The van der Waals surface area contributed by atoms with Crippen LogP contribution in [0.25, 0.3) is 0 Å². The molecule has 1 unspecified atom stereocenters. The summed E-state index contributed by atoms with van der Waals surface area (Å²) in [5, 5.41) is 6.41. The molecule has 6 heteroatoms. The van der Waals surface area contributed by atoms with Crippen LogP contribution in [0.15, 0.2) is 0 Å². The summed E-state index contributed by atoms with van der Waals surface area (Å²) in [6.45, 7) is 8.83. The van der Waals surface area contributed by atoms with E-state index in [0.717, 1.165) is 25.9 Å². The Balaban J connectivity index is 0.00000180. The van der Waals surface area contributed by atoms with Crippen molar-refractivity contribution in [3.05, 3.63) is 0 Å². The van der Waals surface area contributed by atoms with Gasteiger partial charge in [-0.25, -0.2) is 4.79 Å². The normalized spacial score (nSPS) is 25.7. The molecule has 0 spiro atoms. The number of nitrogens with one attached hydrogen (secondary N) is 2. The van der Waals surface area contributed by atoms with Gasteiger partial charge >= 0.3 is 6.09 Å². The molecule has 1 amide bonds. The number of alkyl carbamates (subject to hydrolysis) is 1. The molecule has 0 aromatic carbocycles. The van der Waals surface area contributed by atoms with Crippen molar-refractivity contribution in [1.29, 1.82) is 0 Å². The Kier molecular flexibility index (Phi) is 5.47. The van der Waals surface area contributed by atoms with Crippen molar-refractivity contribution in [2.75, 3.05) is 26.3 Å². The first-order valence-corrected chi connectivity index (χ1v) is 6.71. The van der Waals surface area contributed by atoms with Crippen LogP contribution in [-0.4, -0.2) is 43.5 Å². The van der Waals surface area contributed by atoms with Gasteiger partial charge in [0.05, 0.1) is 18.8 Å². The smallest absolute Gasteiger partial charge is 0.408 e. The van der Waals surface area contributed by atoms with Crippen LogP contribution >= 0.6 is 12.4 Å². The average molecular weight is 293 g/mol. The van der Waals surface area contributed by atoms with Crippen LogP contribution in [0.4, 0.5) is 4.79 Å². The van der Waals surface area contributed by atoms with Gasteiger partial charge in [-0.2, -0.15) is 0 Å². The fourth-order valence-corrected chi connectivity index (χ4v) is 2.56. The molecule has 0 saturated carbocycles. The maximum Gasteiger partial charge on any atom is 0.408 e. The highest BCUT2D eigenvalue weighted by Gasteiger charge is 2.47. The molecule has 0 radical (unpaired) electrons. The van der Waals surface area contributed by atoms with Crippen LogP contribution in [0.1, 0.15) is 33.6 Å². The SMILES string of the molecule is CC(C)(C)OC(=O)NC1(C2CCCNC2)COC1.Cl. The molecular formula is C13H25ClN2O3. The Morgan fingerprint density at radius 2 is 2.11 bits per heavy atom. The Morgan fingerprint density at radius 1 is 1.42 bits per heavy atom. The molecule has 112 valence electrons. The Labute approximate surface area is 121 Å². The quantitative estimate of drug-likeness (QED) is 0.813. The maximum atomic E-state index is 11.9. The number of piperidine rings is 1. The maximum absolute atomic E-state index is 11.9. The van der Waals surface area contributed by atoms with E-state index in [1.54, 1.807) is 0 Å². The summed E-state index contributed by atoms with van der Waals surface area (Å²) < 4.78 is 10.7. The minimum Gasteiger partial charge on any atom is -0.444 e. The molecule has 2 aliphatic heterocycles. The number of halogens is 1. The van der Waals surface area contributed by atoms with E-state index < -0.39 is 5.60 Å². The average Bonchev–Trinajstić information content (AvgIpc) is 2.22. The fraction of sp³-hybridized carbons (Fsp3) is 0.923. The molecule has 2 heterocycles. The second kappa shape index (κ2) is 6.29. The van der Waals surface area contributed by atoms with Crippen LogP contribution in [-0.2, 0) is 9.47 Å². The van der Waals surface area contributed by atoms with Crippen molar-refractivity contribution in [2.24, 2.45) is 5.92 Å². The lowest BCUT2D eigenvalue weighted by Crippen LogP contribution is -2.68. The molecule has 0 aromatic heterocycles. The van der Waals surface area contributed by atoms with Crippen molar-refractivity contribution in [2.45, 2.75) is 44.8 Å². The van der Waals surface area contributed by atoms with Crippen molar-refractivity contribution in [3.63, 3.8) is 0 Å². The molecule has 2 saturated heterocycles. The molecule has 5 nitrogen and oxygen atoms in total. The third-order valence-electron chi connectivity index (χ3n) is 3.55. The lowest BCUT2D eigenvalue weighted by atomic mass is 9.78. The molecular weight excluding hydrogens is 268 g/mol. The highest BCUT2D eigenvalue weighted by molar-refractivity contribution is 5.85. The molecule has 0 bridgehead atoms. The molecule has 2 rings (SSSR count). The van der Waals surface area contributed by atoms with E-state index in [1.807, 2.05) is 20.8 Å². The van der Waals surface area contributed by atoms with Crippen LogP contribution in [0, 0.1) is 5.92 Å². The number of ether oxygens (including phenoxy) is 2. The minimum atomic E-state index is -0.458. The number of hydrogen-bond donors (Lipinski definition) is 2. The number of amides is 1. The topological polar surface area (TPSA) is 59.6 Å². The molecule has 0 aliphatic carbocycles. The van der Waals surface area contributed by atoms with E-state index >= 15 is 0 Å². The van der Waals surface area contributed by atoms with Crippen LogP contribution in [0.2, 0.25) is 0 Å². The predicted octanol–water partition coefficient (Wildman–Crippen LogP) is 1.70. The monoisotopic (exact) mass is 292 g/mol. The minimum absolute atomic E-state index is 0. The van der Waals surface area contributed by atoms with Gasteiger partial charge in [0.1, 0.15) is 5.60 Å². The standard InChI is InChI=1S/C13H24N2O3.ClH/c1-12(2,3)18-11(16)15-13(8-17-9-13)10-5-4-6-14-7-10;/h10,14H,4-9H2,1-3H3,(H,15,16);1H. The molecule has 2 N–H and O–H groups in total. The highest BCUT2D eigenvalue weighted by Crippen LogP contribution is 2.31. The molecule has 2 aliphatic rings. The van der Waals surface area contributed by atoms with Gasteiger partial charge in [0.25, 0.3) is 0 Å². The largest absolute Gasteiger partial charge is 0.444 e. The van der Waals surface area contributed by atoms with Crippen LogP contribution < -0.4 is 10.6 Å². The first-order valence-electron chi connectivity index (χ1n) is 6.71.